The molecule has 46 heavy (non-hydrogen) atoms. The maximum absolute atomic E-state index is 12.2. The molecular formula is C39H45NO6. The zero-order chi connectivity index (χ0) is 32.8. The van der Waals surface area contributed by atoms with E-state index >= 15 is 0 Å². The Morgan fingerprint density at radius 3 is 2.22 bits per heavy atom. The highest BCUT2D eigenvalue weighted by Gasteiger charge is 2.45. The van der Waals surface area contributed by atoms with Gasteiger partial charge in [-0.1, -0.05) is 61.0 Å². The van der Waals surface area contributed by atoms with Gasteiger partial charge in [0.25, 0.3) is 0 Å². The lowest BCUT2D eigenvalue weighted by molar-refractivity contribution is -0.139. The summed E-state index contributed by atoms with van der Waals surface area (Å²) in [7, 11) is 0. The van der Waals surface area contributed by atoms with E-state index in [4.69, 9.17) is 9.47 Å². The van der Waals surface area contributed by atoms with Crippen molar-refractivity contribution in [1.29, 1.82) is 0 Å². The summed E-state index contributed by atoms with van der Waals surface area (Å²) in [5, 5.41) is 20.4. The molecule has 1 aliphatic carbocycles. The van der Waals surface area contributed by atoms with Crippen molar-refractivity contribution in [1.82, 2.24) is 4.57 Å². The minimum Gasteiger partial charge on any atom is -0.494 e. The van der Waals surface area contributed by atoms with Crippen LogP contribution in [0.5, 0.6) is 11.5 Å². The SMILES string of the molecule is CCC(C(=O)O)c1cn(CC2(CC(=O)O)CC2)c2cccc(/C=C/c3ccc(OCCCCOc4c(C)cc(C)cc4C)cc3)c12. The Balaban J connectivity index is 1.23. The summed E-state index contributed by atoms with van der Waals surface area (Å²) in [6.45, 7) is 10.00. The first kappa shape index (κ1) is 32.9. The minimum atomic E-state index is -0.855. The van der Waals surface area contributed by atoms with Gasteiger partial charge in [-0.2, -0.15) is 0 Å². The van der Waals surface area contributed by atoms with Gasteiger partial charge in [-0.25, -0.2) is 0 Å². The number of aryl methyl sites for hydroxylation is 3. The van der Waals surface area contributed by atoms with Gasteiger partial charge < -0.3 is 24.3 Å². The van der Waals surface area contributed by atoms with Gasteiger partial charge in [0, 0.05) is 23.6 Å². The van der Waals surface area contributed by atoms with Crippen LogP contribution in [0.4, 0.5) is 0 Å². The number of carboxylic acids is 2. The number of unbranched alkanes of at least 4 members (excludes halogenated alkanes) is 1. The average Bonchev–Trinajstić information content (AvgIpc) is 3.66. The van der Waals surface area contributed by atoms with E-state index in [0.29, 0.717) is 26.2 Å². The monoisotopic (exact) mass is 623 g/mol. The van der Waals surface area contributed by atoms with Gasteiger partial charge in [0.1, 0.15) is 11.5 Å². The summed E-state index contributed by atoms with van der Waals surface area (Å²) >= 11 is 0. The van der Waals surface area contributed by atoms with Gasteiger partial charge in [-0.05, 0) is 104 Å². The number of carbonyl (C=O) groups is 2. The van der Waals surface area contributed by atoms with Gasteiger partial charge in [-0.15, -0.1) is 0 Å². The molecule has 0 bridgehead atoms. The van der Waals surface area contributed by atoms with Crippen molar-refractivity contribution in [3.63, 3.8) is 0 Å². The molecule has 0 radical (unpaired) electrons. The van der Waals surface area contributed by atoms with E-state index < -0.39 is 17.9 Å². The van der Waals surface area contributed by atoms with Crippen molar-refractivity contribution < 1.29 is 29.3 Å². The Morgan fingerprint density at radius 2 is 1.61 bits per heavy atom. The summed E-state index contributed by atoms with van der Waals surface area (Å²) in [6, 6.07) is 18.2. The number of ether oxygens (including phenoxy) is 2. The number of nitrogens with zero attached hydrogens (tertiary/aromatic N) is 1. The molecule has 1 unspecified atom stereocenters. The van der Waals surface area contributed by atoms with Gasteiger partial charge in [0.2, 0.25) is 0 Å². The molecule has 0 spiro atoms. The van der Waals surface area contributed by atoms with Gasteiger partial charge in [0.15, 0.2) is 0 Å². The first-order valence-corrected chi connectivity index (χ1v) is 16.3. The molecule has 1 heterocycles. The highest BCUT2D eigenvalue weighted by atomic mass is 16.5. The molecule has 0 aliphatic heterocycles. The van der Waals surface area contributed by atoms with Crippen LogP contribution >= 0.6 is 0 Å². The maximum Gasteiger partial charge on any atom is 0.311 e. The van der Waals surface area contributed by atoms with Gasteiger partial charge in [-0.3, -0.25) is 9.59 Å². The maximum atomic E-state index is 12.2. The Kier molecular flexibility index (Phi) is 10.2. The van der Waals surface area contributed by atoms with Crippen LogP contribution in [-0.4, -0.2) is 39.9 Å². The van der Waals surface area contributed by atoms with Crippen LogP contribution in [0.2, 0.25) is 0 Å². The van der Waals surface area contributed by atoms with Crippen molar-refractivity contribution in [3.05, 3.63) is 94.2 Å². The topological polar surface area (TPSA) is 98.0 Å². The first-order valence-electron chi connectivity index (χ1n) is 16.3. The van der Waals surface area contributed by atoms with E-state index in [2.05, 4.69) is 37.5 Å². The smallest absolute Gasteiger partial charge is 0.311 e. The predicted octanol–water partition coefficient (Wildman–Crippen LogP) is 8.81. The lowest BCUT2D eigenvalue weighted by atomic mass is 9.93. The second kappa shape index (κ2) is 14.3. The lowest BCUT2D eigenvalue weighted by Crippen LogP contribution is -2.15. The zero-order valence-electron chi connectivity index (χ0n) is 27.3. The molecule has 0 saturated heterocycles. The summed E-state index contributed by atoms with van der Waals surface area (Å²) < 4.78 is 14.1. The fourth-order valence-electron chi connectivity index (χ4n) is 6.55. The Bertz CT molecular complexity index is 1700. The van der Waals surface area contributed by atoms with Gasteiger partial charge in [0.05, 0.1) is 25.6 Å². The number of hydrogen-bond acceptors (Lipinski definition) is 4. The van der Waals surface area contributed by atoms with Crippen molar-refractivity contribution in [2.45, 2.75) is 78.7 Å². The fourth-order valence-corrected chi connectivity index (χ4v) is 6.55. The third kappa shape index (κ3) is 7.82. The largest absolute Gasteiger partial charge is 0.494 e. The van der Waals surface area contributed by atoms with Gasteiger partial charge >= 0.3 is 11.9 Å². The molecule has 1 saturated carbocycles. The Hall–Kier alpha value is -4.52. The van der Waals surface area contributed by atoms with Crippen LogP contribution in [0.15, 0.2) is 60.8 Å². The fraction of sp³-hybridized carbons (Fsp3) is 0.385. The van der Waals surface area contributed by atoms with Crippen LogP contribution in [0.25, 0.3) is 23.1 Å². The minimum absolute atomic E-state index is 0.124. The predicted molar refractivity (Wildman–Crippen MR) is 183 cm³/mol. The van der Waals surface area contributed by atoms with E-state index in [0.717, 1.165) is 64.8 Å². The summed E-state index contributed by atoms with van der Waals surface area (Å²) in [5.41, 5.74) is 6.98. The van der Waals surface area contributed by atoms with E-state index in [1.165, 1.54) is 16.7 Å². The molecule has 7 nitrogen and oxygen atoms in total. The van der Waals surface area contributed by atoms with Crippen LogP contribution in [-0.2, 0) is 16.1 Å². The molecule has 2 N–H and O–H groups in total. The van der Waals surface area contributed by atoms with Crippen molar-refractivity contribution in [2.75, 3.05) is 13.2 Å². The normalized spacial score (nSPS) is 14.4. The average molecular weight is 624 g/mol. The van der Waals surface area contributed by atoms with Crippen LogP contribution in [0.1, 0.15) is 84.7 Å². The zero-order valence-corrected chi connectivity index (χ0v) is 27.3. The van der Waals surface area contributed by atoms with E-state index in [9.17, 15) is 19.8 Å². The van der Waals surface area contributed by atoms with Crippen molar-refractivity contribution in [3.8, 4) is 11.5 Å². The first-order chi connectivity index (χ1) is 22.1. The highest BCUT2D eigenvalue weighted by Crippen LogP contribution is 2.51. The number of hydrogen-bond donors (Lipinski definition) is 2. The quantitative estimate of drug-likeness (QED) is 0.0956. The number of aliphatic carboxylic acids is 2. The van der Waals surface area contributed by atoms with E-state index in [1.54, 1.807) is 0 Å². The van der Waals surface area contributed by atoms with Crippen LogP contribution < -0.4 is 9.47 Å². The molecule has 1 aromatic heterocycles. The highest BCUT2D eigenvalue weighted by molar-refractivity contribution is 5.97. The molecule has 3 aromatic carbocycles. The number of rotatable bonds is 16. The number of aromatic nitrogens is 1. The summed E-state index contributed by atoms with van der Waals surface area (Å²) in [4.78, 5) is 23.8. The molecule has 7 heteroatoms. The molecule has 0 amide bonds. The second-order valence-electron chi connectivity index (χ2n) is 12.9. The second-order valence-corrected chi connectivity index (χ2v) is 12.9. The summed E-state index contributed by atoms with van der Waals surface area (Å²) in [5.74, 6) is -0.500. The number of benzene rings is 3. The summed E-state index contributed by atoms with van der Waals surface area (Å²) in [6.07, 6.45) is 10.1. The molecular weight excluding hydrogens is 578 g/mol. The van der Waals surface area contributed by atoms with Crippen molar-refractivity contribution >= 4 is 35.0 Å². The van der Waals surface area contributed by atoms with E-state index in [1.807, 2.05) is 67.7 Å². The van der Waals surface area contributed by atoms with Crippen LogP contribution in [0.3, 0.4) is 0 Å². The molecule has 5 rings (SSSR count). The molecule has 4 aromatic rings. The molecule has 1 aliphatic rings. The van der Waals surface area contributed by atoms with E-state index in [-0.39, 0.29) is 11.8 Å². The number of fused-ring (bicyclic) bond motifs is 1. The molecule has 1 fully saturated rings. The Morgan fingerprint density at radius 1 is 0.935 bits per heavy atom. The third-order valence-electron chi connectivity index (χ3n) is 9.03. The van der Waals surface area contributed by atoms with Crippen molar-refractivity contribution in [2.24, 2.45) is 5.41 Å². The Labute approximate surface area is 271 Å². The third-order valence-corrected chi connectivity index (χ3v) is 9.03. The van der Waals surface area contributed by atoms with Crippen LogP contribution in [0, 0.1) is 26.2 Å². The lowest BCUT2D eigenvalue weighted by Gasteiger charge is -2.14. The molecule has 242 valence electrons. The molecule has 1 atom stereocenters. The number of carboxylic acid groups (broad SMARTS) is 2. The standard InChI is InChI=1S/C39H45NO6/c1-5-32(38(43)44)33-24-40(25-39(17-18-39)23-35(41)42)34-10-8-9-30(36(33)34)14-11-29-12-15-31(16-13-29)45-19-6-7-20-46-37-27(3)21-26(2)22-28(37)4/h8-16,21-22,24,32H,5-7,17-20,23,25H2,1-4H3,(H,41,42)(H,43,44)/b14-11+.